The van der Waals surface area contributed by atoms with E-state index in [1.807, 2.05) is 12.1 Å². The predicted octanol–water partition coefficient (Wildman–Crippen LogP) is 2.33. The molecule has 0 radical (unpaired) electrons. The average Bonchev–Trinajstić information content (AvgIpc) is 2.23. The summed E-state index contributed by atoms with van der Waals surface area (Å²) in [6, 6.07) is 4.00. The number of rotatable bonds is 2. The molecule has 1 N–H and O–H groups in total. The number of hydrogen-bond acceptors (Lipinski definition) is 3. The number of aromatic nitrogens is 1. The van der Waals surface area contributed by atoms with Gasteiger partial charge in [0, 0.05) is 12.8 Å². The van der Waals surface area contributed by atoms with E-state index in [1.54, 1.807) is 6.20 Å². The Bertz CT molecular complexity index is 300. The zero-order chi connectivity index (χ0) is 9.80. The molecule has 4 heteroatoms. The van der Waals surface area contributed by atoms with Gasteiger partial charge in [-0.15, -0.1) is 0 Å². The van der Waals surface area contributed by atoms with Crippen molar-refractivity contribution in [3.63, 3.8) is 0 Å². The first-order chi connectivity index (χ1) is 6.86. The minimum Gasteiger partial charge on any atom is -0.379 e. The van der Waals surface area contributed by atoms with E-state index in [4.69, 9.17) is 16.3 Å². The molecular weight excluding hydrogens is 200 g/mol. The van der Waals surface area contributed by atoms with Crippen molar-refractivity contribution < 1.29 is 4.74 Å². The van der Waals surface area contributed by atoms with Crippen LogP contribution in [0.3, 0.4) is 0 Å². The van der Waals surface area contributed by atoms with Crippen LogP contribution in [0.25, 0.3) is 0 Å². The first kappa shape index (κ1) is 9.74. The highest BCUT2D eigenvalue weighted by molar-refractivity contribution is 6.32. The lowest BCUT2D eigenvalue weighted by atomic mass is 10.1. The van der Waals surface area contributed by atoms with Crippen LogP contribution in [0.5, 0.6) is 0 Å². The Morgan fingerprint density at radius 3 is 3.21 bits per heavy atom. The van der Waals surface area contributed by atoms with Crippen LogP contribution < -0.4 is 5.32 Å². The van der Waals surface area contributed by atoms with Crippen LogP contribution in [0.1, 0.15) is 12.8 Å². The Hall–Kier alpha value is -0.800. The second kappa shape index (κ2) is 4.62. The van der Waals surface area contributed by atoms with Gasteiger partial charge < -0.3 is 10.1 Å². The lowest BCUT2D eigenvalue weighted by molar-refractivity contribution is 0.0875. The zero-order valence-electron chi connectivity index (χ0n) is 7.87. The minimum absolute atomic E-state index is 0.344. The monoisotopic (exact) mass is 212 g/mol. The number of nitrogens with one attached hydrogen (secondary N) is 1. The van der Waals surface area contributed by atoms with Gasteiger partial charge in [-0.1, -0.05) is 11.6 Å². The summed E-state index contributed by atoms with van der Waals surface area (Å²) in [5.74, 6) is 0.754. The van der Waals surface area contributed by atoms with E-state index in [1.165, 1.54) is 0 Å². The first-order valence-corrected chi connectivity index (χ1v) is 5.19. The van der Waals surface area contributed by atoms with Crippen LogP contribution in [0, 0.1) is 0 Å². The molecule has 1 atom stereocenters. The van der Waals surface area contributed by atoms with Crippen LogP contribution in [-0.4, -0.2) is 24.2 Å². The van der Waals surface area contributed by atoms with E-state index in [2.05, 4.69) is 10.3 Å². The van der Waals surface area contributed by atoms with Gasteiger partial charge >= 0.3 is 0 Å². The van der Waals surface area contributed by atoms with Gasteiger partial charge in [-0.2, -0.15) is 0 Å². The fourth-order valence-electron chi connectivity index (χ4n) is 1.54. The normalized spacial score (nSPS) is 21.9. The molecule has 0 aliphatic carbocycles. The summed E-state index contributed by atoms with van der Waals surface area (Å²) in [5, 5.41) is 3.95. The highest BCUT2D eigenvalue weighted by atomic mass is 35.5. The van der Waals surface area contributed by atoms with Crippen LogP contribution >= 0.6 is 11.6 Å². The molecular formula is C10H13ClN2O. The van der Waals surface area contributed by atoms with Crippen molar-refractivity contribution >= 4 is 17.4 Å². The first-order valence-electron chi connectivity index (χ1n) is 4.81. The van der Waals surface area contributed by atoms with Crippen molar-refractivity contribution in [3.8, 4) is 0 Å². The Morgan fingerprint density at radius 1 is 1.57 bits per heavy atom. The highest BCUT2D eigenvalue weighted by Gasteiger charge is 2.14. The second-order valence-electron chi connectivity index (χ2n) is 3.39. The number of ether oxygens (including phenoxy) is 1. The summed E-state index contributed by atoms with van der Waals surface area (Å²) in [6.45, 7) is 1.61. The van der Waals surface area contributed by atoms with Gasteiger partial charge in [0.15, 0.2) is 0 Å². The van der Waals surface area contributed by atoms with Gasteiger partial charge in [0.05, 0.1) is 17.7 Å². The number of pyridine rings is 1. The molecule has 0 aromatic carbocycles. The van der Waals surface area contributed by atoms with E-state index in [0.29, 0.717) is 11.1 Å². The topological polar surface area (TPSA) is 34.2 Å². The summed E-state index contributed by atoms with van der Waals surface area (Å²) in [7, 11) is 0. The molecule has 14 heavy (non-hydrogen) atoms. The molecule has 2 heterocycles. The van der Waals surface area contributed by atoms with Gasteiger partial charge in [-0.05, 0) is 25.0 Å². The molecule has 1 saturated heterocycles. The van der Waals surface area contributed by atoms with Gasteiger partial charge in [-0.25, -0.2) is 4.98 Å². The van der Waals surface area contributed by atoms with E-state index in [9.17, 15) is 0 Å². The third-order valence-electron chi connectivity index (χ3n) is 2.26. The molecule has 2 rings (SSSR count). The molecule has 3 nitrogen and oxygen atoms in total. The molecule has 0 spiro atoms. The van der Waals surface area contributed by atoms with Crippen LogP contribution in [0.2, 0.25) is 5.02 Å². The largest absolute Gasteiger partial charge is 0.379 e. The molecule has 1 aromatic rings. The Kier molecular flexibility index (Phi) is 3.22. The van der Waals surface area contributed by atoms with Gasteiger partial charge in [0.2, 0.25) is 0 Å². The lowest BCUT2D eigenvalue weighted by Gasteiger charge is -2.23. The fraction of sp³-hybridized carbons (Fsp3) is 0.500. The van der Waals surface area contributed by atoms with E-state index in [0.717, 1.165) is 31.9 Å². The zero-order valence-corrected chi connectivity index (χ0v) is 8.63. The molecule has 76 valence electrons. The summed E-state index contributed by atoms with van der Waals surface area (Å²) in [5.41, 5.74) is 0. The quantitative estimate of drug-likeness (QED) is 0.817. The van der Waals surface area contributed by atoms with Crippen LogP contribution in [0.4, 0.5) is 5.82 Å². The van der Waals surface area contributed by atoms with Crippen LogP contribution in [0.15, 0.2) is 18.3 Å². The lowest BCUT2D eigenvalue weighted by Crippen LogP contribution is -2.30. The fourth-order valence-corrected chi connectivity index (χ4v) is 1.72. The predicted molar refractivity (Wildman–Crippen MR) is 56.7 cm³/mol. The maximum absolute atomic E-state index is 5.98. The third kappa shape index (κ3) is 2.36. The molecule has 1 fully saturated rings. The third-order valence-corrected chi connectivity index (χ3v) is 2.56. The number of nitrogens with zero attached hydrogens (tertiary/aromatic N) is 1. The number of halogens is 1. The second-order valence-corrected chi connectivity index (χ2v) is 3.80. The smallest absolute Gasteiger partial charge is 0.145 e. The Morgan fingerprint density at radius 2 is 2.50 bits per heavy atom. The maximum Gasteiger partial charge on any atom is 0.145 e. The number of hydrogen-bond donors (Lipinski definition) is 1. The summed E-state index contributed by atoms with van der Waals surface area (Å²) in [4.78, 5) is 4.17. The molecule has 1 aliphatic rings. The van der Waals surface area contributed by atoms with Crippen LogP contribution in [-0.2, 0) is 4.74 Å². The molecule has 1 aliphatic heterocycles. The summed E-state index contributed by atoms with van der Waals surface area (Å²) >= 11 is 5.98. The standard InChI is InChI=1S/C10H13ClN2O/c11-9-4-1-5-12-10(9)13-8-3-2-6-14-7-8/h1,4-5,8H,2-3,6-7H2,(H,12,13)/t8-/m0/s1. The van der Waals surface area contributed by atoms with Crippen molar-refractivity contribution in [1.82, 2.24) is 4.98 Å². The van der Waals surface area contributed by atoms with E-state index >= 15 is 0 Å². The SMILES string of the molecule is Clc1cccnc1N[C@H]1CCCOC1. The Balaban J connectivity index is 1.99. The van der Waals surface area contributed by atoms with Crippen molar-refractivity contribution in [1.29, 1.82) is 0 Å². The molecule has 0 bridgehead atoms. The molecule has 0 amide bonds. The van der Waals surface area contributed by atoms with E-state index < -0.39 is 0 Å². The van der Waals surface area contributed by atoms with Crippen molar-refractivity contribution in [2.75, 3.05) is 18.5 Å². The molecule has 0 saturated carbocycles. The van der Waals surface area contributed by atoms with Gasteiger partial charge in [-0.3, -0.25) is 0 Å². The molecule has 0 unspecified atom stereocenters. The Labute approximate surface area is 88.4 Å². The summed E-state index contributed by atoms with van der Waals surface area (Å²) in [6.07, 6.45) is 3.95. The summed E-state index contributed by atoms with van der Waals surface area (Å²) < 4.78 is 5.36. The van der Waals surface area contributed by atoms with E-state index in [-0.39, 0.29) is 0 Å². The van der Waals surface area contributed by atoms with Crippen molar-refractivity contribution in [3.05, 3.63) is 23.4 Å². The maximum atomic E-state index is 5.98. The average molecular weight is 213 g/mol. The molecule has 1 aromatic heterocycles. The minimum atomic E-state index is 0.344. The number of anilines is 1. The van der Waals surface area contributed by atoms with Crippen molar-refractivity contribution in [2.24, 2.45) is 0 Å². The highest BCUT2D eigenvalue weighted by Crippen LogP contribution is 2.20. The van der Waals surface area contributed by atoms with Gasteiger partial charge in [0.1, 0.15) is 5.82 Å². The van der Waals surface area contributed by atoms with Crippen molar-refractivity contribution in [2.45, 2.75) is 18.9 Å². The van der Waals surface area contributed by atoms with Gasteiger partial charge in [0.25, 0.3) is 0 Å².